The highest BCUT2D eigenvalue weighted by atomic mass is 35.5. The van der Waals surface area contributed by atoms with Gasteiger partial charge in [0, 0.05) is 13.7 Å². The fourth-order valence-corrected chi connectivity index (χ4v) is 2.62. The van der Waals surface area contributed by atoms with Gasteiger partial charge in [-0.15, -0.1) is 0 Å². The molecule has 1 aromatic heterocycles. The van der Waals surface area contributed by atoms with Gasteiger partial charge in [0.1, 0.15) is 0 Å². The Morgan fingerprint density at radius 3 is 3.10 bits per heavy atom. The third-order valence-corrected chi connectivity index (χ3v) is 3.80. The molecule has 0 aromatic carbocycles. The van der Waals surface area contributed by atoms with E-state index in [9.17, 15) is 4.79 Å². The first kappa shape index (κ1) is 15.3. The summed E-state index contributed by atoms with van der Waals surface area (Å²) in [6.45, 7) is 3.65. The molecule has 0 spiro atoms. The maximum absolute atomic E-state index is 12.2. The van der Waals surface area contributed by atoms with Gasteiger partial charge in [-0.1, -0.05) is 24.9 Å². The molecule has 0 bridgehead atoms. The largest absolute Gasteiger partial charge is 0.378 e. The van der Waals surface area contributed by atoms with E-state index in [0.29, 0.717) is 5.15 Å². The minimum absolute atomic E-state index is 0.00718. The van der Waals surface area contributed by atoms with Gasteiger partial charge < -0.3 is 20.4 Å². The van der Waals surface area contributed by atoms with Gasteiger partial charge >= 0.3 is 0 Å². The third kappa shape index (κ3) is 3.50. The fraction of sp³-hybridized carbons (Fsp3) is 0.692. The molecule has 0 radical (unpaired) electrons. The van der Waals surface area contributed by atoms with E-state index in [4.69, 9.17) is 16.3 Å². The van der Waals surface area contributed by atoms with E-state index in [1.165, 1.54) is 0 Å². The Hall–Kier alpha value is -1.11. The number of nitrogens with one attached hydrogen (secondary N) is 3. The first-order valence-electron chi connectivity index (χ1n) is 6.94. The second-order valence-electron chi connectivity index (χ2n) is 4.95. The molecule has 2 rings (SSSR count). The van der Waals surface area contributed by atoms with E-state index >= 15 is 0 Å². The number of aromatic nitrogens is 2. The maximum atomic E-state index is 12.2. The summed E-state index contributed by atoms with van der Waals surface area (Å²) in [7, 11) is 1.65. The van der Waals surface area contributed by atoms with Gasteiger partial charge in [-0.25, -0.2) is 4.98 Å². The second kappa shape index (κ2) is 7.06. The number of rotatable bonds is 5. The Morgan fingerprint density at radius 2 is 2.40 bits per heavy atom. The van der Waals surface area contributed by atoms with Gasteiger partial charge in [0.15, 0.2) is 11.0 Å². The van der Waals surface area contributed by atoms with Crippen LogP contribution in [0.15, 0.2) is 0 Å². The summed E-state index contributed by atoms with van der Waals surface area (Å²) in [6.07, 6.45) is 2.55. The average Bonchev–Trinajstić information content (AvgIpc) is 2.81. The highest BCUT2D eigenvalue weighted by Gasteiger charge is 2.27. The molecule has 6 nitrogen and oxygen atoms in total. The number of aryl methyl sites for hydroxylation is 1. The van der Waals surface area contributed by atoms with Crippen LogP contribution in [0.2, 0.25) is 5.15 Å². The Morgan fingerprint density at radius 1 is 1.60 bits per heavy atom. The van der Waals surface area contributed by atoms with Crippen molar-refractivity contribution >= 4 is 17.5 Å². The summed E-state index contributed by atoms with van der Waals surface area (Å²) >= 11 is 6.01. The van der Waals surface area contributed by atoms with E-state index < -0.39 is 0 Å². The molecule has 2 heterocycles. The van der Waals surface area contributed by atoms with Crippen LogP contribution in [0.1, 0.15) is 36.1 Å². The summed E-state index contributed by atoms with van der Waals surface area (Å²) in [6, 6.07) is -0.00718. The molecule has 2 unspecified atom stereocenters. The van der Waals surface area contributed by atoms with E-state index in [1.54, 1.807) is 7.11 Å². The number of methoxy groups -OCH3 is 1. The molecule has 1 saturated heterocycles. The van der Waals surface area contributed by atoms with Crippen molar-refractivity contribution in [2.24, 2.45) is 0 Å². The Labute approximate surface area is 123 Å². The van der Waals surface area contributed by atoms with Crippen LogP contribution in [0.4, 0.5) is 0 Å². The number of hydrogen-bond donors (Lipinski definition) is 3. The molecule has 1 amide bonds. The van der Waals surface area contributed by atoms with E-state index in [0.717, 1.165) is 38.0 Å². The summed E-state index contributed by atoms with van der Waals surface area (Å²) in [5.41, 5.74) is 0.813. The normalized spacial score (nSPS) is 22.8. The van der Waals surface area contributed by atoms with Crippen molar-refractivity contribution in [3.05, 3.63) is 16.7 Å². The maximum Gasteiger partial charge on any atom is 0.287 e. The second-order valence-corrected chi connectivity index (χ2v) is 5.31. The summed E-state index contributed by atoms with van der Waals surface area (Å²) in [5.74, 6) is 0.0371. The zero-order valence-electron chi connectivity index (χ0n) is 11.8. The number of carbonyl (C=O) groups is 1. The van der Waals surface area contributed by atoms with E-state index in [2.05, 4.69) is 27.5 Å². The molecule has 1 fully saturated rings. The standard InChI is InChI=1S/C13H21ClN4O2/c1-3-4-9-11(14)18-12(16-9)13(19)17-8-5-6-15-7-10(8)20-2/h8,10,15H,3-7H2,1-2H3,(H,16,18)(H,17,19). The third-order valence-electron chi connectivity index (χ3n) is 3.49. The number of hydrogen-bond acceptors (Lipinski definition) is 4. The van der Waals surface area contributed by atoms with Crippen molar-refractivity contribution in [1.82, 2.24) is 20.6 Å². The smallest absolute Gasteiger partial charge is 0.287 e. The zero-order valence-corrected chi connectivity index (χ0v) is 12.6. The molecular formula is C13H21ClN4O2. The van der Waals surface area contributed by atoms with Gasteiger partial charge in [0.25, 0.3) is 5.91 Å². The van der Waals surface area contributed by atoms with Crippen LogP contribution in [-0.2, 0) is 11.2 Å². The van der Waals surface area contributed by atoms with Gasteiger partial charge in [-0.2, -0.15) is 0 Å². The number of piperidine rings is 1. The van der Waals surface area contributed by atoms with Gasteiger partial charge in [0.05, 0.1) is 17.8 Å². The number of carbonyl (C=O) groups excluding carboxylic acids is 1. The number of amides is 1. The van der Waals surface area contributed by atoms with Crippen molar-refractivity contribution in [2.75, 3.05) is 20.2 Å². The SMILES string of the molecule is CCCc1[nH]c(C(=O)NC2CCNCC2OC)nc1Cl. The lowest BCUT2D eigenvalue weighted by Crippen LogP contribution is -2.53. The Balaban J connectivity index is 2.01. The fourth-order valence-electron chi connectivity index (χ4n) is 2.39. The highest BCUT2D eigenvalue weighted by molar-refractivity contribution is 6.30. The zero-order chi connectivity index (χ0) is 14.5. The Kier molecular flexibility index (Phi) is 5.39. The predicted molar refractivity (Wildman–Crippen MR) is 77.1 cm³/mol. The molecule has 112 valence electrons. The molecule has 1 aromatic rings. The summed E-state index contributed by atoms with van der Waals surface area (Å²) < 4.78 is 5.37. The van der Waals surface area contributed by atoms with Gasteiger partial charge in [0.2, 0.25) is 0 Å². The van der Waals surface area contributed by atoms with Crippen molar-refractivity contribution in [1.29, 1.82) is 0 Å². The Bertz CT molecular complexity index is 463. The first-order valence-corrected chi connectivity index (χ1v) is 7.32. The monoisotopic (exact) mass is 300 g/mol. The minimum atomic E-state index is -0.233. The van der Waals surface area contributed by atoms with Crippen molar-refractivity contribution < 1.29 is 9.53 Å². The van der Waals surface area contributed by atoms with Crippen LogP contribution >= 0.6 is 11.6 Å². The molecule has 2 atom stereocenters. The molecular weight excluding hydrogens is 280 g/mol. The highest BCUT2D eigenvalue weighted by Crippen LogP contribution is 2.15. The summed E-state index contributed by atoms with van der Waals surface area (Å²) in [4.78, 5) is 19.3. The number of nitrogens with zero attached hydrogens (tertiary/aromatic N) is 1. The summed E-state index contributed by atoms with van der Waals surface area (Å²) in [5, 5.41) is 6.58. The van der Waals surface area contributed by atoms with Crippen LogP contribution in [0.25, 0.3) is 0 Å². The number of halogens is 1. The van der Waals surface area contributed by atoms with E-state index in [-0.39, 0.29) is 23.9 Å². The van der Waals surface area contributed by atoms with Crippen LogP contribution < -0.4 is 10.6 Å². The van der Waals surface area contributed by atoms with Crippen LogP contribution in [-0.4, -0.2) is 48.2 Å². The van der Waals surface area contributed by atoms with E-state index in [1.807, 2.05) is 0 Å². The molecule has 1 aliphatic rings. The van der Waals surface area contributed by atoms with Gasteiger partial charge in [-0.3, -0.25) is 4.79 Å². The topological polar surface area (TPSA) is 79.0 Å². The lowest BCUT2D eigenvalue weighted by atomic mass is 10.0. The first-order chi connectivity index (χ1) is 9.65. The number of aromatic amines is 1. The molecule has 7 heteroatoms. The van der Waals surface area contributed by atoms with Crippen molar-refractivity contribution in [2.45, 2.75) is 38.3 Å². The molecule has 0 aliphatic carbocycles. The van der Waals surface area contributed by atoms with Gasteiger partial charge in [-0.05, 0) is 19.4 Å². The van der Waals surface area contributed by atoms with Crippen molar-refractivity contribution in [3.63, 3.8) is 0 Å². The molecule has 1 aliphatic heterocycles. The predicted octanol–water partition coefficient (Wildman–Crippen LogP) is 1.12. The number of imidazole rings is 1. The number of ether oxygens (including phenoxy) is 1. The minimum Gasteiger partial charge on any atom is -0.378 e. The van der Waals surface area contributed by atoms with Crippen molar-refractivity contribution in [3.8, 4) is 0 Å². The lowest BCUT2D eigenvalue weighted by molar-refractivity contribution is 0.0473. The van der Waals surface area contributed by atoms with Crippen LogP contribution in [0.3, 0.4) is 0 Å². The van der Waals surface area contributed by atoms with Crippen LogP contribution in [0.5, 0.6) is 0 Å². The molecule has 20 heavy (non-hydrogen) atoms. The molecule has 3 N–H and O–H groups in total. The lowest BCUT2D eigenvalue weighted by Gasteiger charge is -2.31. The quantitative estimate of drug-likeness (QED) is 0.761. The molecule has 0 saturated carbocycles. The van der Waals surface area contributed by atoms with Crippen LogP contribution in [0, 0.1) is 0 Å². The number of H-pyrrole nitrogens is 1. The average molecular weight is 301 g/mol.